The summed E-state index contributed by atoms with van der Waals surface area (Å²) in [5, 5.41) is 0. The van der Waals surface area contributed by atoms with Crippen molar-refractivity contribution in [3.63, 3.8) is 0 Å². The lowest BCUT2D eigenvalue weighted by atomic mass is 10.2. The van der Waals surface area contributed by atoms with Crippen LogP contribution in [-0.4, -0.2) is 28.0 Å². The van der Waals surface area contributed by atoms with Crippen molar-refractivity contribution in [1.29, 1.82) is 0 Å². The van der Waals surface area contributed by atoms with Gasteiger partial charge in [0.2, 0.25) is 10.0 Å². The highest BCUT2D eigenvalue weighted by atomic mass is 32.2. The normalized spacial score (nSPS) is 11.0. The third kappa shape index (κ3) is 3.14. The number of hydrogen-bond donors (Lipinski definition) is 1. The maximum Gasteiger partial charge on any atom is 0.339 e. The largest absolute Gasteiger partial charge is 0.465 e. The fourth-order valence-corrected chi connectivity index (χ4v) is 2.44. The van der Waals surface area contributed by atoms with E-state index in [0.717, 1.165) is 25.3 Å². The molecule has 0 fully saturated rings. The molecule has 0 saturated heterocycles. The Morgan fingerprint density at radius 1 is 1.56 bits per heavy atom. The molecule has 7 heteroatoms. The Labute approximate surface area is 104 Å². The van der Waals surface area contributed by atoms with Crippen LogP contribution in [0.4, 0.5) is 4.39 Å². The van der Waals surface area contributed by atoms with E-state index in [1.165, 1.54) is 6.08 Å². The molecule has 0 atom stereocenters. The second-order valence-electron chi connectivity index (χ2n) is 3.27. The summed E-state index contributed by atoms with van der Waals surface area (Å²) in [5.74, 6) is -1.62. The summed E-state index contributed by atoms with van der Waals surface area (Å²) in [6.45, 7) is 3.33. The van der Waals surface area contributed by atoms with E-state index < -0.39 is 26.7 Å². The van der Waals surface area contributed by atoms with Crippen LogP contribution in [0.2, 0.25) is 0 Å². The molecule has 18 heavy (non-hydrogen) atoms. The number of carbonyl (C=O) groups excluding carboxylic acids is 1. The van der Waals surface area contributed by atoms with Gasteiger partial charge in [-0.15, -0.1) is 6.58 Å². The highest BCUT2D eigenvalue weighted by Crippen LogP contribution is 2.18. The molecule has 0 spiro atoms. The fourth-order valence-electron chi connectivity index (χ4n) is 1.24. The van der Waals surface area contributed by atoms with Crippen molar-refractivity contribution in [3.8, 4) is 0 Å². The van der Waals surface area contributed by atoms with E-state index in [4.69, 9.17) is 0 Å². The topological polar surface area (TPSA) is 72.5 Å². The van der Waals surface area contributed by atoms with E-state index in [1.807, 2.05) is 0 Å². The summed E-state index contributed by atoms with van der Waals surface area (Å²) in [7, 11) is -2.88. The van der Waals surface area contributed by atoms with Crippen molar-refractivity contribution in [2.75, 3.05) is 13.7 Å². The van der Waals surface area contributed by atoms with Gasteiger partial charge in [-0.05, 0) is 18.2 Å². The second-order valence-corrected chi connectivity index (χ2v) is 5.01. The SMILES string of the molecule is C=CCNS(=O)(=O)c1cc(F)ccc1C(=O)OC. The van der Waals surface area contributed by atoms with Crippen LogP contribution in [0.5, 0.6) is 0 Å². The monoisotopic (exact) mass is 273 g/mol. The predicted molar refractivity (Wildman–Crippen MR) is 63.1 cm³/mol. The minimum absolute atomic E-state index is 0.0283. The molecule has 0 saturated carbocycles. The minimum atomic E-state index is -3.99. The summed E-state index contributed by atoms with van der Waals surface area (Å²) in [6, 6.07) is 2.81. The summed E-state index contributed by atoms with van der Waals surface area (Å²) in [6.07, 6.45) is 1.33. The van der Waals surface area contributed by atoms with Gasteiger partial charge >= 0.3 is 5.97 Å². The molecule has 1 rings (SSSR count). The zero-order valence-electron chi connectivity index (χ0n) is 9.64. The molecule has 0 aliphatic carbocycles. The molecule has 0 bridgehead atoms. The van der Waals surface area contributed by atoms with Crippen molar-refractivity contribution in [2.45, 2.75) is 4.90 Å². The third-order valence-corrected chi connectivity index (χ3v) is 3.52. The van der Waals surface area contributed by atoms with Gasteiger partial charge in [0.05, 0.1) is 17.6 Å². The van der Waals surface area contributed by atoms with Gasteiger partial charge in [0, 0.05) is 6.54 Å². The minimum Gasteiger partial charge on any atom is -0.465 e. The van der Waals surface area contributed by atoms with E-state index in [0.29, 0.717) is 0 Å². The van der Waals surface area contributed by atoms with Crippen LogP contribution in [0.1, 0.15) is 10.4 Å². The predicted octanol–water partition coefficient (Wildman–Crippen LogP) is 1.08. The number of rotatable bonds is 5. The number of carbonyl (C=O) groups is 1. The number of methoxy groups -OCH3 is 1. The Morgan fingerprint density at radius 2 is 2.22 bits per heavy atom. The molecule has 0 unspecified atom stereocenters. The van der Waals surface area contributed by atoms with Gasteiger partial charge in [0.15, 0.2) is 0 Å². The van der Waals surface area contributed by atoms with Gasteiger partial charge in [-0.25, -0.2) is 22.3 Å². The van der Waals surface area contributed by atoms with Crippen molar-refractivity contribution >= 4 is 16.0 Å². The van der Waals surface area contributed by atoms with Crippen molar-refractivity contribution in [2.24, 2.45) is 0 Å². The van der Waals surface area contributed by atoms with Crippen LogP contribution in [-0.2, 0) is 14.8 Å². The second kappa shape index (κ2) is 5.74. The quantitative estimate of drug-likeness (QED) is 0.643. The van der Waals surface area contributed by atoms with Gasteiger partial charge in [-0.1, -0.05) is 6.08 Å². The summed E-state index contributed by atoms with van der Waals surface area (Å²) >= 11 is 0. The molecule has 98 valence electrons. The molecular formula is C11H12FNO4S. The molecule has 5 nitrogen and oxygen atoms in total. The lowest BCUT2D eigenvalue weighted by Gasteiger charge is -2.09. The zero-order chi connectivity index (χ0) is 13.8. The first-order valence-electron chi connectivity index (χ1n) is 4.91. The molecule has 0 heterocycles. The fraction of sp³-hybridized carbons (Fsp3) is 0.182. The van der Waals surface area contributed by atoms with Gasteiger partial charge < -0.3 is 4.74 Å². The maximum absolute atomic E-state index is 13.1. The van der Waals surface area contributed by atoms with Crippen LogP contribution in [0.15, 0.2) is 35.7 Å². The molecule has 0 aliphatic rings. The van der Waals surface area contributed by atoms with Crippen molar-refractivity contribution in [1.82, 2.24) is 4.72 Å². The highest BCUT2D eigenvalue weighted by molar-refractivity contribution is 7.89. The van der Waals surface area contributed by atoms with Crippen LogP contribution < -0.4 is 4.72 Å². The summed E-state index contributed by atoms with van der Waals surface area (Å²) in [4.78, 5) is 10.9. The Morgan fingerprint density at radius 3 is 2.78 bits per heavy atom. The van der Waals surface area contributed by atoms with Crippen LogP contribution in [0, 0.1) is 5.82 Å². The number of nitrogens with one attached hydrogen (secondary N) is 1. The average molecular weight is 273 g/mol. The smallest absolute Gasteiger partial charge is 0.339 e. The van der Waals surface area contributed by atoms with Gasteiger partial charge in [-0.3, -0.25) is 0 Å². The lowest BCUT2D eigenvalue weighted by molar-refractivity contribution is 0.0596. The number of benzene rings is 1. The first-order valence-corrected chi connectivity index (χ1v) is 6.39. The molecule has 0 amide bonds. The number of hydrogen-bond acceptors (Lipinski definition) is 4. The Bertz CT molecular complexity index is 568. The summed E-state index contributed by atoms with van der Waals surface area (Å²) in [5.41, 5.74) is -0.226. The average Bonchev–Trinajstić information content (AvgIpc) is 2.35. The van der Waals surface area contributed by atoms with Gasteiger partial charge in [0.25, 0.3) is 0 Å². The van der Waals surface area contributed by atoms with Gasteiger partial charge in [-0.2, -0.15) is 0 Å². The zero-order valence-corrected chi connectivity index (χ0v) is 10.5. The van der Waals surface area contributed by atoms with Crippen LogP contribution >= 0.6 is 0 Å². The highest BCUT2D eigenvalue weighted by Gasteiger charge is 2.23. The molecule has 1 N–H and O–H groups in total. The number of ether oxygens (including phenoxy) is 1. The Kier molecular flexibility index (Phi) is 4.57. The van der Waals surface area contributed by atoms with E-state index in [-0.39, 0.29) is 12.1 Å². The number of halogens is 1. The number of sulfonamides is 1. The van der Waals surface area contributed by atoms with Gasteiger partial charge in [0.1, 0.15) is 5.82 Å². The molecule has 0 radical (unpaired) electrons. The number of esters is 1. The Balaban J connectivity index is 3.33. The van der Waals surface area contributed by atoms with Crippen LogP contribution in [0.25, 0.3) is 0 Å². The van der Waals surface area contributed by atoms with Crippen molar-refractivity contribution in [3.05, 3.63) is 42.2 Å². The van der Waals surface area contributed by atoms with Crippen LogP contribution in [0.3, 0.4) is 0 Å². The third-order valence-electron chi connectivity index (χ3n) is 2.06. The van der Waals surface area contributed by atoms with E-state index >= 15 is 0 Å². The molecule has 0 aromatic heterocycles. The Hall–Kier alpha value is -1.73. The first-order chi connectivity index (χ1) is 8.42. The molecule has 1 aromatic carbocycles. The molecular weight excluding hydrogens is 261 g/mol. The first kappa shape index (κ1) is 14.3. The summed E-state index contributed by atoms with van der Waals surface area (Å²) < 4.78 is 43.4. The molecule has 0 aliphatic heterocycles. The van der Waals surface area contributed by atoms with E-state index in [2.05, 4.69) is 16.0 Å². The van der Waals surface area contributed by atoms with E-state index in [1.54, 1.807) is 0 Å². The van der Waals surface area contributed by atoms with E-state index in [9.17, 15) is 17.6 Å². The lowest BCUT2D eigenvalue weighted by Crippen LogP contribution is -2.26. The molecule has 1 aromatic rings. The maximum atomic E-state index is 13.1. The van der Waals surface area contributed by atoms with Crippen molar-refractivity contribution < 1.29 is 22.3 Å². The standard InChI is InChI=1S/C11H12FNO4S/c1-3-6-13-18(15,16)10-7-8(12)4-5-9(10)11(14)17-2/h3-5,7,13H,1,6H2,2H3.